The number of fused-ring (bicyclic) bond motifs is 12. The van der Waals surface area contributed by atoms with Gasteiger partial charge in [-0.25, -0.2) is 0 Å². The molecule has 4 aliphatic carbocycles. The summed E-state index contributed by atoms with van der Waals surface area (Å²) in [4.78, 5) is 23.3. The topological polar surface area (TPSA) is 63.6 Å². The number of hydrogen-bond donors (Lipinski definition) is 1. The van der Waals surface area contributed by atoms with Crippen LogP contribution in [0.15, 0.2) is 0 Å². The van der Waals surface area contributed by atoms with E-state index in [0.29, 0.717) is 48.0 Å². The number of aliphatic carboxylic acids is 1. The quantitative estimate of drug-likeness (QED) is 0.573. The van der Waals surface area contributed by atoms with Gasteiger partial charge in [-0.15, -0.1) is 0 Å². The van der Waals surface area contributed by atoms with E-state index in [4.69, 9.17) is 4.74 Å². The fourth-order valence-corrected chi connectivity index (χ4v) is 6.88. The third-order valence-corrected chi connectivity index (χ3v) is 7.14. The molecule has 0 amide bonds. The average Bonchev–Trinajstić information content (AvgIpc) is 3.10. The van der Waals surface area contributed by atoms with Crippen LogP contribution in [0.1, 0.15) is 19.3 Å². The molecule has 5 fully saturated rings. The summed E-state index contributed by atoms with van der Waals surface area (Å²) in [6, 6.07) is 0. The molecule has 9 atom stereocenters. The Bertz CT molecular complexity index is 487. The van der Waals surface area contributed by atoms with Crippen LogP contribution in [-0.2, 0) is 14.3 Å². The van der Waals surface area contributed by atoms with Crippen molar-refractivity contribution in [1.29, 1.82) is 0 Å². The summed E-state index contributed by atoms with van der Waals surface area (Å²) in [7, 11) is 0. The highest BCUT2D eigenvalue weighted by atomic mass is 16.5. The van der Waals surface area contributed by atoms with Crippen LogP contribution < -0.4 is 0 Å². The number of carbonyl (C=O) groups excluding carboxylic acids is 1. The molecule has 9 unspecified atom stereocenters. The predicted molar refractivity (Wildman–Crippen MR) is 63.9 cm³/mol. The number of esters is 1. The predicted octanol–water partition coefficient (Wildman–Crippen LogP) is 1.40. The first kappa shape index (κ1) is 10.7. The van der Waals surface area contributed by atoms with Crippen molar-refractivity contribution in [3.8, 4) is 0 Å². The standard InChI is InChI=1S/C15H18O4/c16-14(17)8-2-5-1-6(8)12-9-3-7(11(5)12)10-4-19-15(18)13(9)10/h5-13H,1-4H2,(H,16,17). The van der Waals surface area contributed by atoms with Gasteiger partial charge in [-0.05, 0) is 54.8 Å². The number of rotatable bonds is 1. The van der Waals surface area contributed by atoms with Crippen molar-refractivity contribution in [3.05, 3.63) is 0 Å². The zero-order valence-corrected chi connectivity index (χ0v) is 10.7. The molecule has 0 spiro atoms. The minimum Gasteiger partial charge on any atom is -0.481 e. The highest BCUT2D eigenvalue weighted by Gasteiger charge is 2.70. The molecule has 4 nitrogen and oxygen atoms in total. The fraction of sp³-hybridized carbons (Fsp3) is 0.867. The lowest BCUT2D eigenvalue weighted by molar-refractivity contribution is -0.146. The van der Waals surface area contributed by atoms with Gasteiger partial charge in [-0.1, -0.05) is 0 Å². The molecule has 1 heterocycles. The van der Waals surface area contributed by atoms with Crippen LogP contribution in [0.3, 0.4) is 0 Å². The molecular formula is C15H18O4. The van der Waals surface area contributed by atoms with E-state index in [9.17, 15) is 14.7 Å². The third kappa shape index (κ3) is 1.05. The molecule has 0 aromatic carbocycles. The summed E-state index contributed by atoms with van der Waals surface area (Å²) < 4.78 is 5.28. The van der Waals surface area contributed by atoms with Crippen molar-refractivity contribution in [2.75, 3.05) is 6.61 Å². The number of hydrogen-bond acceptors (Lipinski definition) is 3. The molecule has 4 saturated carbocycles. The van der Waals surface area contributed by atoms with Crippen LogP contribution in [0.2, 0.25) is 0 Å². The van der Waals surface area contributed by atoms with E-state index in [2.05, 4.69) is 0 Å². The largest absolute Gasteiger partial charge is 0.481 e. The lowest BCUT2D eigenvalue weighted by atomic mass is 9.62. The molecule has 102 valence electrons. The summed E-state index contributed by atoms with van der Waals surface area (Å²) in [6.07, 6.45) is 3.16. The lowest BCUT2D eigenvalue weighted by Crippen LogP contribution is -2.42. The van der Waals surface area contributed by atoms with Gasteiger partial charge in [-0.2, -0.15) is 0 Å². The number of carbonyl (C=O) groups is 2. The van der Waals surface area contributed by atoms with E-state index in [0.717, 1.165) is 12.8 Å². The van der Waals surface area contributed by atoms with E-state index < -0.39 is 5.97 Å². The second-order valence-electron chi connectivity index (χ2n) is 7.38. The molecule has 5 rings (SSSR count). The van der Waals surface area contributed by atoms with Crippen LogP contribution in [-0.4, -0.2) is 23.7 Å². The maximum atomic E-state index is 11.9. The van der Waals surface area contributed by atoms with Gasteiger partial charge >= 0.3 is 11.9 Å². The normalized spacial score (nSPS) is 60.2. The maximum Gasteiger partial charge on any atom is 0.309 e. The SMILES string of the molecule is O=C(O)C1CC2CC1C1C3CC(C4COC(=O)C43)C21. The number of carboxylic acids is 1. The Labute approximate surface area is 111 Å². The van der Waals surface area contributed by atoms with Crippen molar-refractivity contribution in [2.45, 2.75) is 19.3 Å². The van der Waals surface area contributed by atoms with Gasteiger partial charge in [0.25, 0.3) is 0 Å². The van der Waals surface area contributed by atoms with Crippen LogP contribution in [0.4, 0.5) is 0 Å². The molecule has 4 heteroatoms. The van der Waals surface area contributed by atoms with Gasteiger partial charge in [0.2, 0.25) is 0 Å². The Morgan fingerprint density at radius 2 is 1.89 bits per heavy atom. The van der Waals surface area contributed by atoms with Gasteiger partial charge in [-0.3, -0.25) is 9.59 Å². The van der Waals surface area contributed by atoms with Crippen molar-refractivity contribution in [1.82, 2.24) is 0 Å². The van der Waals surface area contributed by atoms with Crippen LogP contribution in [0.5, 0.6) is 0 Å². The van der Waals surface area contributed by atoms with Crippen LogP contribution in [0.25, 0.3) is 0 Å². The number of ether oxygens (including phenoxy) is 1. The van der Waals surface area contributed by atoms with E-state index in [1.54, 1.807) is 0 Å². The second kappa shape index (κ2) is 3.15. The second-order valence-corrected chi connectivity index (χ2v) is 7.38. The fourth-order valence-electron chi connectivity index (χ4n) is 6.88. The summed E-state index contributed by atoms with van der Waals surface area (Å²) in [5, 5.41) is 9.37. The maximum absolute atomic E-state index is 11.9. The average molecular weight is 262 g/mol. The molecule has 0 aromatic rings. The monoisotopic (exact) mass is 262 g/mol. The molecule has 19 heavy (non-hydrogen) atoms. The highest BCUT2D eigenvalue weighted by Crippen LogP contribution is 2.72. The van der Waals surface area contributed by atoms with Gasteiger partial charge < -0.3 is 9.84 Å². The Hall–Kier alpha value is -1.06. The molecule has 0 aromatic heterocycles. The minimum atomic E-state index is -0.612. The zero-order chi connectivity index (χ0) is 12.9. The van der Waals surface area contributed by atoms with Gasteiger partial charge in [0.1, 0.15) is 0 Å². The summed E-state index contributed by atoms with van der Waals surface area (Å²) in [5.74, 6) is 3.09. The van der Waals surface area contributed by atoms with Gasteiger partial charge in [0.05, 0.1) is 18.4 Å². The highest BCUT2D eigenvalue weighted by molar-refractivity contribution is 5.76. The molecule has 1 N–H and O–H groups in total. The summed E-state index contributed by atoms with van der Waals surface area (Å²) >= 11 is 0. The Kier molecular flexibility index (Phi) is 1.78. The molecule has 1 saturated heterocycles. The Morgan fingerprint density at radius 1 is 1.05 bits per heavy atom. The van der Waals surface area contributed by atoms with E-state index in [1.807, 2.05) is 0 Å². The first-order valence-corrected chi connectivity index (χ1v) is 7.56. The number of carboxylic acid groups (broad SMARTS) is 1. The summed E-state index contributed by atoms with van der Waals surface area (Å²) in [5.41, 5.74) is 0. The molecule has 0 radical (unpaired) electrons. The van der Waals surface area contributed by atoms with Crippen molar-refractivity contribution < 1.29 is 19.4 Å². The molecule has 4 bridgehead atoms. The van der Waals surface area contributed by atoms with Crippen molar-refractivity contribution in [2.24, 2.45) is 53.3 Å². The first-order valence-electron chi connectivity index (χ1n) is 7.56. The minimum absolute atomic E-state index is 0.00518. The van der Waals surface area contributed by atoms with E-state index in [-0.39, 0.29) is 17.8 Å². The van der Waals surface area contributed by atoms with Gasteiger partial charge in [0, 0.05) is 5.92 Å². The molecular weight excluding hydrogens is 244 g/mol. The smallest absolute Gasteiger partial charge is 0.309 e. The van der Waals surface area contributed by atoms with Crippen LogP contribution >= 0.6 is 0 Å². The zero-order valence-electron chi connectivity index (χ0n) is 10.7. The lowest BCUT2D eigenvalue weighted by Gasteiger charge is -2.40. The molecule has 1 aliphatic heterocycles. The first-order chi connectivity index (χ1) is 9.16. The van der Waals surface area contributed by atoms with Crippen molar-refractivity contribution in [3.63, 3.8) is 0 Å². The third-order valence-electron chi connectivity index (χ3n) is 7.14. The van der Waals surface area contributed by atoms with E-state index in [1.165, 1.54) is 6.42 Å². The molecule has 5 aliphatic rings. The van der Waals surface area contributed by atoms with Crippen LogP contribution in [0, 0.1) is 53.3 Å². The Morgan fingerprint density at radius 3 is 2.68 bits per heavy atom. The van der Waals surface area contributed by atoms with E-state index >= 15 is 0 Å². The Balaban J connectivity index is 1.53. The van der Waals surface area contributed by atoms with Gasteiger partial charge in [0.15, 0.2) is 0 Å². The number of cyclic esters (lactones) is 1. The van der Waals surface area contributed by atoms with Crippen molar-refractivity contribution >= 4 is 11.9 Å². The summed E-state index contributed by atoms with van der Waals surface area (Å²) in [6.45, 7) is 0.633.